The van der Waals surface area contributed by atoms with Gasteiger partial charge < -0.3 is 5.73 Å². The largest absolute Gasteiger partial charge is 0.330 e. The second kappa shape index (κ2) is 5.10. The molecule has 1 aromatic carbocycles. The normalized spacial score (nSPS) is 11.9. The highest BCUT2D eigenvalue weighted by molar-refractivity contribution is 9.10. The number of aryl methyl sites for hydroxylation is 1. The highest BCUT2D eigenvalue weighted by Gasteiger charge is 2.27. The first-order chi connectivity index (χ1) is 8.86. The zero-order valence-electron chi connectivity index (χ0n) is 11.9. The van der Waals surface area contributed by atoms with Crippen LogP contribution < -0.4 is 5.73 Å². The predicted molar refractivity (Wildman–Crippen MR) is 82.8 cm³/mol. The van der Waals surface area contributed by atoms with Crippen molar-refractivity contribution in [2.75, 3.05) is 6.54 Å². The Labute approximate surface area is 122 Å². The average Bonchev–Trinajstić information content (AvgIpc) is 2.67. The van der Waals surface area contributed by atoms with Crippen LogP contribution >= 0.6 is 15.9 Å². The van der Waals surface area contributed by atoms with Gasteiger partial charge in [0.2, 0.25) is 0 Å². The predicted octanol–water partition coefficient (Wildman–Crippen LogP) is 3.49. The molecule has 4 heteroatoms. The molecule has 1 aromatic heterocycles. The summed E-state index contributed by atoms with van der Waals surface area (Å²) >= 11 is 3.65. The summed E-state index contributed by atoms with van der Waals surface area (Å²) in [6.07, 6.45) is 0. The van der Waals surface area contributed by atoms with Gasteiger partial charge in [-0.05, 0) is 47.5 Å². The van der Waals surface area contributed by atoms with Crippen LogP contribution in [0, 0.1) is 13.8 Å². The van der Waals surface area contributed by atoms with Gasteiger partial charge in [0.15, 0.2) is 0 Å². The van der Waals surface area contributed by atoms with Gasteiger partial charge in [-0.25, -0.2) is 4.68 Å². The molecule has 0 aliphatic rings. The summed E-state index contributed by atoms with van der Waals surface area (Å²) in [5.74, 6) is 0. The maximum atomic E-state index is 5.86. The van der Waals surface area contributed by atoms with Gasteiger partial charge in [-0.3, -0.25) is 0 Å². The van der Waals surface area contributed by atoms with E-state index in [2.05, 4.69) is 61.8 Å². The summed E-state index contributed by atoms with van der Waals surface area (Å²) < 4.78 is 3.02. The Bertz CT molecular complexity index is 599. The Morgan fingerprint density at radius 2 is 2.00 bits per heavy atom. The quantitative estimate of drug-likeness (QED) is 0.940. The number of nitrogens with zero attached hydrogens (tertiary/aromatic N) is 2. The SMILES string of the molecule is Cc1cccc(-n2nc(C(C)(C)CN)c(Br)c2C)c1. The number of aromatic nitrogens is 2. The molecular formula is C15H20BrN3. The van der Waals surface area contributed by atoms with Gasteiger partial charge >= 0.3 is 0 Å². The van der Waals surface area contributed by atoms with Crippen molar-refractivity contribution in [3.8, 4) is 5.69 Å². The van der Waals surface area contributed by atoms with Gasteiger partial charge in [-0.15, -0.1) is 0 Å². The summed E-state index contributed by atoms with van der Waals surface area (Å²) in [4.78, 5) is 0. The summed E-state index contributed by atoms with van der Waals surface area (Å²) in [6.45, 7) is 8.94. The molecule has 0 fully saturated rings. The maximum Gasteiger partial charge on any atom is 0.0842 e. The van der Waals surface area contributed by atoms with Crippen molar-refractivity contribution in [3.63, 3.8) is 0 Å². The van der Waals surface area contributed by atoms with E-state index >= 15 is 0 Å². The summed E-state index contributed by atoms with van der Waals surface area (Å²) in [6, 6.07) is 8.33. The minimum Gasteiger partial charge on any atom is -0.330 e. The van der Waals surface area contributed by atoms with E-state index in [1.807, 2.05) is 10.7 Å². The molecule has 0 aliphatic carbocycles. The third-order valence-electron chi connectivity index (χ3n) is 3.44. The number of halogens is 1. The number of rotatable bonds is 3. The molecule has 0 atom stereocenters. The van der Waals surface area contributed by atoms with Crippen molar-refractivity contribution in [1.82, 2.24) is 9.78 Å². The van der Waals surface area contributed by atoms with Crippen LogP contribution in [0.3, 0.4) is 0 Å². The monoisotopic (exact) mass is 321 g/mol. The Hall–Kier alpha value is -1.13. The Kier molecular flexibility index (Phi) is 3.83. The number of nitrogens with two attached hydrogens (primary N) is 1. The minimum atomic E-state index is -0.140. The van der Waals surface area contributed by atoms with Gasteiger partial charge in [0.05, 0.1) is 21.5 Å². The molecule has 2 rings (SSSR count). The second-order valence-electron chi connectivity index (χ2n) is 5.59. The van der Waals surface area contributed by atoms with E-state index in [0.29, 0.717) is 6.54 Å². The van der Waals surface area contributed by atoms with E-state index < -0.39 is 0 Å². The lowest BCUT2D eigenvalue weighted by Gasteiger charge is -2.20. The van der Waals surface area contributed by atoms with Crippen LogP contribution in [0.1, 0.15) is 30.8 Å². The molecule has 1 heterocycles. The van der Waals surface area contributed by atoms with Crippen LogP contribution in [-0.2, 0) is 5.41 Å². The third-order valence-corrected chi connectivity index (χ3v) is 4.39. The lowest BCUT2D eigenvalue weighted by Crippen LogP contribution is -2.29. The second-order valence-corrected chi connectivity index (χ2v) is 6.38. The number of benzene rings is 1. The van der Waals surface area contributed by atoms with Crippen LogP contribution in [0.15, 0.2) is 28.7 Å². The maximum absolute atomic E-state index is 5.86. The van der Waals surface area contributed by atoms with E-state index in [1.54, 1.807) is 0 Å². The summed E-state index contributed by atoms with van der Waals surface area (Å²) in [5.41, 5.74) is 10.1. The highest BCUT2D eigenvalue weighted by atomic mass is 79.9. The van der Waals surface area contributed by atoms with Crippen LogP contribution in [-0.4, -0.2) is 16.3 Å². The van der Waals surface area contributed by atoms with Gasteiger partial charge in [0, 0.05) is 12.0 Å². The van der Waals surface area contributed by atoms with Gasteiger partial charge in [0.1, 0.15) is 0 Å². The van der Waals surface area contributed by atoms with Gasteiger partial charge in [-0.1, -0.05) is 26.0 Å². The first-order valence-electron chi connectivity index (χ1n) is 6.39. The van der Waals surface area contributed by atoms with Crippen molar-refractivity contribution < 1.29 is 0 Å². The third kappa shape index (κ3) is 2.60. The fourth-order valence-corrected chi connectivity index (χ4v) is 2.81. The first kappa shape index (κ1) is 14.3. The molecule has 2 aromatic rings. The lowest BCUT2D eigenvalue weighted by molar-refractivity contribution is 0.513. The van der Waals surface area contributed by atoms with Crippen LogP contribution in [0.4, 0.5) is 0 Å². The highest BCUT2D eigenvalue weighted by Crippen LogP contribution is 2.32. The molecule has 3 nitrogen and oxygen atoms in total. The van der Waals surface area contributed by atoms with Crippen LogP contribution in [0.25, 0.3) is 5.69 Å². The van der Waals surface area contributed by atoms with Gasteiger partial charge in [0.25, 0.3) is 0 Å². The molecule has 0 bridgehead atoms. The standard InChI is InChI=1S/C15H20BrN3/c1-10-6-5-7-12(8-10)19-11(2)13(16)14(18-19)15(3,4)9-17/h5-8H,9,17H2,1-4H3. The van der Waals surface area contributed by atoms with Crippen molar-refractivity contribution in [3.05, 3.63) is 45.7 Å². The van der Waals surface area contributed by atoms with Crippen LogP contribution in [0.2, 0.25) is 0 Å². The van der Waals surface area contributed by atoms with E-state index in [0.717, 1.165) is 21.5 Å². The smallest absolute Gasteiger partial charge is 0.0842 e. The molecule has 0 radical (unpaired) electrons. The fourth-order valence-electron chi connectivity index (χ4n) is 2.02. The van der Waals surface area contributed by atoms with Crippen molar-refractivity contribution >= 4 is 15.9 Å². The Morgan fingerprint density at radius 3 is 2.58 bits per heavy atom. The molecule has 2 N–H and O–H groups in total. The van der Waals surface area contributed by atoms with Crippen molar-refractivity contribution in [2.45, 2.75) is 33.1 Å². The topological polar surface area (TPSA) is 43.8 Å². The average molecular weight is 322 g/mol. The van der Waals surface area contributed by atoms with E-state index in [-0.39, 0.29) is 5.41 Å². The molecule has 19 heavy (non-hydrogen) atoms. The van der Waals surface area contributed by atoms with E-state index in [9.17, 15) is 0 Å². The fraction of sp³-hybridized carbons (Fsp3) is 0.400. The molecule has 102 valence electrons. The number of hydrogen-bond donors (Lipinski definition) is 1. The Morgan fingerprint density at radius 1 is 1.32 bits per heavy atom. The van der Waals surface area contributed by atoms with E-state index in [4.69, 9.17) is 10.8 Å². The molecular weight excluding hydrogens is 302 g/mol. The molecule has 0 saturated heterocycles. The summed E-state index contributed by atoms with van der Waals surface area (Å²) in [7, 11) is 0. The minimum absolute atomic E-state index is 0.140. The molecule has 0 saturated carbocycles. The lowest BCUT2D eigenvalue weighted by atomic mass is 9.89. The molecule has 0 spiro atoms. The molecule has 0 amide bonds. The van der Waals surface area contributed by atoms with Crippen molar-refractivity contribution in [1.29, 1.82) is 0 Å². The summed E-state index contributed by atoms with van der Waals surface area (Å²) in [5, 5.41) is 4.75. The van der Waals surface area contributed by atoms with Gasteiger partial charge in [-0.2, -0.15) is 5.10 Å². The molecule has 0 unspecified atom stereocenters. The number of hydrogen-bond acceptors (Lipinski definition) is 2. The Balaban J connectivity index is 2.58. The zero-order chi connectivity index (χ0) is 14.2. The first-order valence-corrected chi connectivity index (χ1v) is 7.19. The molecule has 0 aliphatic heterocycles. The zero-order valence-corrected chi connectivity index (χ0v) is 13.5. The van der Waals surface area contributed by atoms with E-state index in [1.165, 1.54) is 5.56 Å². The van der Waals surface area contributed by atoms with Crippen LogP contribution in [0.5, 0.6) is 0 Å². The van der Waals surface area contributed by atoms with Crippen molar-refractivity contribution in [2.24, 2.45) is 5.73 Å².